The van der Waals surface area contributed by atoms with Crippen molar-refractivity contribution >= 4 is 0 Å². The van der Waals surface area contributed by atoms with Crippen LogP contribution < -0.4 is 5.32 Å². The summed E-state index contributed by atoms with van der Waals surface area (Å²) in [6.07, 6.45) is 11.4. The van der Waals surface area contributed by atoms with E-state index in [2.05, 4.69) is 26.1 Å². The monoisotopic (exact) mass is 251 g/mol. The molecule has 3 atom stereocenters. The molecule has 18 heavy (non-hydrogen) atoms. The maximum atomic E-state index is 13.7. The van der Waals surface area contributed by atoms with E-state index >= 15 is 0 Å². The van der Waals surface area contributed by atoms with Crippen LogP contribution in [-0.2, 0) is 0 Å². The number of allylic oxidation sites excluding steroid dienone is 3. The largest absolute Gasteiger partial charge is 0.310 e. The van der Waals surface area contributed by atoms with Gasteiger partial charge in [0.25, 0.3) is 0 Å². The van der Waals surface area contributed by atoms with Gasteiger partial charge in [0, 0.05) is 11.0 Å². The van der Waals surface area contributed by atoms with Gasteiger partial charge in [0.2, 0.25) is 0 Å². The molecular formula is C16H26FN. The first-order valence-electron chi connectivity index (χ1n) is 7.34. The summed E-state index contributed by atoms with van der Waals surface area (Å²) in [7, 11) is 0. The summed E-state index contributed by atoms with van der Waals surface area (Å²) in [5.74, 6) is 0.533. The first-order valence-corrected chi connectivity index (χ1v) is 7.34. The maximum Gasteiger partial charge on any atom is 0.119 e. The van der Waals surface area contributed by atoms with Crippen molar-refractivity contribution in [2.75, 3.05) is 6.54 Å². The third-order valence-electron chi connectivity index (χ3n) is 5.09. The van der Waals surface area contributed by atoms with E-state index in [0.717, 1.165) is 19.4 Å². The molecule has 0 amide bonds. The Kier molecular flexibility index (Phi) is 3.96. The average molecular weight is 251 g/mol. The van der Waals surface area contributed by atoms with Gasteiger partial charge in [-0.1, -0.05) is 39.7 Å². The second kappa shape index (κ2) is 5.16. The molecule has 0 aromatic heterocycles. The Bertz CT molecular complexity index is 356. The minimum absolute atomic E-state index is 0.0576. The molecule has 0 saturated heterocycles. The molecule has 102 valence electrons. The molecule has 0 radical (unpaired) electrons. The lowest BCUT2D eigenvalue weighted by molar-refractivity contribution is 0.0461. The van der Waals surface area contributed by atoms with E-state index in [0.29, 0.717) is 5.92 Å². The third kappa shape index (κ3) is 2.16. The van der Waals surface area contributed by atoms with Crippen LogP contribution in [0.3, 0.4) is 0 Å². The highest BCUT2D eigenvalue weighted by atomic mass is 19.1. The Morgan fingerprint density at radius 1 is 1.44 bits per heavy atom. The van der Waals surface area contributed by atoms with Crippen molar-refractivity contribution in [1.29, 1.82) is 0 Å². The Morgan fingerprint density at radius 2 is 2.22 bits per heavy atom. The van der Waals surface area contributed by atoms with Gasteiger partial charge in [-0.25, -0.2) is 4.39 Å². The number of halogens is 1. The summed E-state index contributed by atoms with van der Waals surface area (Å²) >= 11 is 0. The van der Waals surface area contributed by atoms with Crippen LogP contribution >= 0.6 is 0 Å². The summed E-state index contributed by atoms with van der Waals surface area (Å²) in [6, 6.07) is 0. The lowest BCUT2D eigenvalue weighted by Gasteiger charge is -2.54. The highest BCUT2D eigenvalue weighted by Crippen LogP contribution is 2.50. The minimum atomic E-state index is -0.0956. The van der Waals surface area contributed by atoms with Crippen LogP contribution in [0.1, 0.15) is 52.9 Å². The molecule has 0 aromatic rings. The summed E-state index contributed by atoms with van der Waals surface area (Å²) in [6.45, 7) is 7.67. The van der Waals surface area contributed by atoms with Gasteiger partial charge in [-0.2, -0.15) is 0 Å². The quantitative estimate of drug-likeness (QED) is 0.785. The van der Waals surface area contributed by atoms with E-state index in [-0.39, 0.29) is 16.8 Å². The van der Waals surface area contributed by atoms with Gasteiger partial charge in [0.05, 0.1) is 0 Å². The fourth-order valence-corrected chi connectivity index (χ4v) is 4.11. The van der Waals surface area contributed by atoms with E-state index in [1.54, 1.807) is 6.08 Å². The number of nitrogens with one attached hydrogen (secondary N) is 1. The minimum Gasteiger partial charge on any atom is -0.310 e. The van der Waals surface area contributed by atoms with Crippen LogP contribution in [0.2, 0.25) is 0 Å². The normalized spacial score (nSPS) is 40.7. The molecule has 0 aromatic carbocycles. The van der Waals surface area contributed by atoms with Gasteiger partial charge in [-0.3, -0.25) is 0 Å². The van der Waals surface area contributed by atoms with Gasteiger partial charge >= 0.3 is 0 Å². The van der Waals surface area contributed by atoms with Crippen LogP contribution in [0.25, 0.3) is 0 Å². The Hall–Kier alpha value is -0.630. The second-order valence-corrected chi connectivity index (χ2v) is 6.20. The van der Waals surface area contributed by atoms with Crippen molar-refractivity contribution in [3.8, 4) is 0 Å². The molecule has 0 bridgehead atoms. The Balaban J connectivity index is 2.37. The number of rotatable bonds is 3. The van der Waals surface area contributed by atoms with Crippen LogP contribution in [0, 0.1) is 11.3 Å². The molecule has 0 heterocycles. The average Bonchev–Trinajstić information content (AvgIpc) is 2.32. The van der Waals surface area contributed by atoms with E-state index in [1.165, 1.54) is 19.3 Å². The van der Waals surface area contributed by atoms with Gasteiger partial charge in [0.1, 0.15) is 5.83 Å². The molecule has 2 unspecified atom stereocenters. The van der Waals surface area contributed by atoms with Gasteiger partial charge in [-0.05, 0) is 43.9 Å². The number of hydrogen-bond acceptors (Lipinski definition) is 1. The predicted molar refractivity (Wildman–Crippen MR) is 75.1 cm³/mol. The second-order valence-electron chi connectivity index (χ2n) is 6.20. The summed E-state index contributed by atoms with van der Waals surface area (Å²) in [5.41, 5.74) is -0.0379. The topological polar surface area (TPSA) is 12.0 Å². The predicted octanol–water partition coefficient (Wildman–Crippen LogP) is 4.36. The lowest BCUT2D eigenvalue weighted by atomic mass is 9.57. The standard InChI is InChI=1S/C16H26FN/c1-4-18-16(11-6-5-8-13(16)2)15(3)10-7-9-14(17)12-15/h7,9,12-13,18H,4-6,8,10-11H2,1-3H3/t13?,15?,16-/m1/s1. The van der Waals surface area contributed by atoms with E-state index in [4.69, 9.17) is 0 Å². The molecule has 0 spiro atoms. The highest BCUT2D eigenvalue weighted by molar-refractivity contribution is 5.27. The zero-order chi connectivity index (χ0) is 13.2. The molecule has 1 saturated carbocycles. The molecule has 0 aliphatic heterocycles. The SMILES string of the molecule is CCN[C@]1(C2(C)C=C(F)C=CC2)CCCCC1C. The first kappa shape index (κ1) is 13.8. The van der Waals surface area contributed by atoms with Crippen LogP contribution in [0.4, 0.5) is 4.39 Å². The van der Waals surface area contributed by atoms with Crippen molar-refractivity contribution in [2.45, 2.75) is 58.4 Å². The van der Waals surface area contributed by atoms with E-state index in [1.807, 2.05) is 12.2 Å². The first-order chi connectivity index (χ1) is 8.54. The smallest absolute Gasteiger partial charge is 0.119 e. The zero-order valence-corrected chi connectivity index (χ0v) is 11.9. The van der Waals surface area contributed by atoms with Crippen molar-refractivity contribution in [3.05, 3.63) is 24.1 Å². The van der Waals surface area contributed by atoms with Crippen molar-refractivity contribution < 1.29 is 4.39 Å². The van der Waals surface area contributed by atoms with Crippen LogP contribution in [-0.4, -0.2) is 12.1 Å². The third-order valence-corrected chi connectivity index (χ3v) is 5.09. The van der Waals surface area contributed by atoms with Gasteiger partial charge in [-0.15, -0.1) is 0 Å². The maximum absolute atomic E-state index is 13.7. The Labute approximate surface area is 111 Å². The van der Waals surface area contributed by atoms with E-state index in [9.17, 15) is 4.39 Å². The van der Waals surface area contributed by atoms with Gasteiger partial charge in [0.15, 0.2) is 0 Å². The Morgan fingerprint density at radius 3 is 2.83 bits per heavy atom. The molecular weight excluding hydrogens is 225 g/mol. The summed E-state index contributed by atoms with van der Waals surface area (Å²) < 4.78 is 13.7. The van der Waals surface area contributed by atoms with Crippen molar-refractivity contribution in [2.24, 2.45) is 11.3 Å². The van der Waals surface area contributed by atoms with Gasteiger partial charge < -0.3 is 5.32 Å². The molecule has 2 aliphatic carbocycles. The molecule has 2 heteroatoms. The summed E-state index contributed by atoms with van der Waals surface area (Å²) in [5, 5.41) is 3.73. The highest BCUT2D eigenvalue weighted by Gasteiger charge is 2.50. The van der Waals surface area contributed by atoms with Crippen LogP contribution in [0.15, 0.2) is 24.1 Å². The van der Waals surface area contributed by atoms with Crippen molar-refractivity contribution in [3.63, 3.8) is 0 Å². The lowest BCUT2D eigenvalue weighted by Crippen LogP contribution is -2.62. The molecule has 1 N–H and O–H groups in total. The van der Waals surface area contributed by atoms with Crippen molar-refractivity contribution in [1.82, 2.24) is 5.32 Å². The molecule has 1 nitrogen and oxygen atoms in total. The fraction of sp³-hybridized carbons (Fsp3) is 0.750. The molecule has 1 fully saturated rings. The zero-order valence-electron chi connectivity index (χ0n) is 11.9. The van der Waals surface area contributed by atoms with Crippen LogP contribution in [0.5, 0.6) is 0 Å². The summed E-state index contributed by atoms with van der Waals surface area (Å²) in [4.78, 5) is 0. The fourth-order valence-electron chi connectivity index (χ4n) is 4.11. The van der Waals surface area contributed by atoms with E-state index < -0.39 is 0 Å². The number of hydrogen-bond donors (Lipinski definition) is 1. The molecule has 2 aliphatic rings. The molecule has 2 rings (SSSR count).